The van der Waals surface area contributed by atoms with Gasteiger partial charge in [0.2, 0.25) is 10.0 Å². The number of carbonyl (C=O) groups is 1. The number of hydrogen-bond donors (Lipinski definition) is 2. The van der Waals surface area contributed by atoms with Gasteiger partial charge in [-0.1, -0.05) is 29.2 Å². The van der Waals surface area contributed by atoms with Gasteiger partial charge in [-0.25, -0.2) is 13.1 Å². The zero-order valence-corrected chi connectivity index (χ0v) is 26.6. The van der Waals surface area contributed by atoms with E-state index in [1.807, 2.05) is 18.2 Å². The van der Waals surface area contributed by atoms with Crippen LogP contribution in [0.25, 0.3) is 10.4 Å². The van der Waals surface area contributed by atoms with Crippen molar-refractivity contribution < 1.29 is 23.1 Å². The van der Waals surface area contributed by atoms with Gasteiger partial charge in [0.05, 0.1) is 22.6 Å². The summed E-state index contributed by atoms with van der Waals surface area (Å²) >= 11 is 6.32. The lowest BCUT2D eigenvalue weighted by atomic mass is 9.63. The van der Waals surface area contributed by atoms with Crippen molar-refractivity contribution in [2.75, 3.05) is 24.5 Å². The molecule has 2 aromatic carbocycles. The standard InChI is InChI=1S/C32H40ClN5O5S/c1-31-17-25(31)6-4-13-32(40,20-35-37-34)27-11-8-23(27)18-38-14-3-2-5-21-15-26(33)10-7-24(21)19-43-29-12-9-22(16-28(29)38)30(39)36-44(31,41)42/h7,9-10,12,15-16,23,25,27,40H,2-6,8,11,13-14,17-20H2,1H3,(H,36,39)/t23-,25+,27+,31+,32-/m0/s1. The third-order valence-corrected chi connectivity index (χ3v) is 13.0. The van der Waals surface area contributed by atoms with E-state index < -0.39 is 26.3 Å². The van der Waals surface area contributed by atoms with Gasteiger partial charge in [-0.15, -0.1) is 0 Å². The van der Waals surface area contributed by atoms with Crippen LogP contribution in [0, 0.1) is 17.8 Å². The SMILES string of the molecule is C[C@@]12C[C@H]1CCC[C@](O)(CN=[N+]=[N-])[C@@H]1CC[C@H]1CN1CCCCc3cc(Cl)ccc3COc3ccc(cc31)C(=O)NS2(=O)=O. The first-order valence-corrected chi connectivity index (χ1v) is 17.5. The Morgan fingerprint density at radius 2 is 2.00 bits per heavy atom. The normalized spacial score (nSPS) is 31.7. The predicted octanol–water partition coefficient (Wildman–Crippen LogP) is 6.15. The van der Waals surface area contributed by atoms with E-state index in [0.717, 1.165) is 48.9 Å². The first kappa shape index (κ1) is 31.0. The molecule has 2 aliphatic heterocycles. The molecule has 5 atom stereocenters. The maximum Gasteiger partial charge on any atom is 0.264 e. The van der Waals surface area contributed by atoms with Gasteiger partial charge in [-0.2, -0.15) is 0 Å². The lowest BCUT2D eigenvalue weighted by molar-refractivity contribution is -0.0810. The van der Waals surface area contributed by atoms with E-state index in [-0.39, 0.29) is 29.9 Å². The summed E-state index contributed by atoms with van der Waals surface area (Å²) in [6.45, 7) is 3.31. The number of aliphatic hydroxyl groups is 1. The van der Waals surface area contributed by atoms with Crippen LogP contribution >= 0.6 is 11.6 Å². The van der Waals surface area contributed by atoms with Crippen LogP contribution in [-0.2, 0) is 23.1 Å². The van der Waals surface area contributed by atoms with Crippen molar-refractivity contribution in [1.82, 2.24) is 4.72 Å². The molecule has 0 radical (unpaired) electrons. The zero-order valence-electron chi connectivity index (χ0n) is 25.0. The highest BCUT2D eigenvalue weighted by molar-refractivity contribution is 7.91. The summed E-state index contributed by atoms with van der Waals surface area (Å²) < 4.78 is 34.5. The Hall–Kier alpha value is -2.98. The Kier molecular flexibility index (Phi) is 8.52. The van der Waals surface area contributed by atoms with Crippen molar-refractivity contribution in [3.63, 3.8) is 0 Å². The largest absolute Gasteiger partial charge is 0.487 e. The molecule has 2 heterocycles. The molecule has 12 heteroatoms. The number of nitrogens with one attached hydrogen (secondary N) is 1. The number of carbonyl (C=O) groups excluding carboxylic acids is 1. The summed E-state index contributed by atoms with van der Waals surface area (Å²) in [6, 6.07) is 10.9. The van der Waals surface area contributed by atoms with Gasteiger partial charge < -0.3 is 14.7 Å². The van der Waals surface area contributed by atoms with Gasteiger partial charge in [-0.3, -0.25) is 4.79 Å². The van der Waals surface area contributed by atoms with E-state index in [0.29, 0.717) is 56.2 Å². The van der Waals surface area contributed by atoms with E-state index in [4.69, 9.17) is 21.9 Å². The molecule has 0 unspecified atom stereocenters. The molecule has 2 fully saturated rings. The number of benzene rings is 2. The molecular formula is C32H40ClN5O5S. The molecule has 2 N–H and O–H groups in total. The Morgan fingerprint density at radius 1 is 1.16 bits per heavy atom. The third-order valence-electron chi connectivity index (χ3n) is 10.6. The first-order valence-electron chi connectivity index (χ1n) is 15.6. The molecule has 0 saturated heterocycles. The molecule has 6 rings (SSSR count). The van der Waals surface area contributed by atoms with Crippen LogP contribution in [0.3, 0.4) is 0 Å². The molecule has 2 aliphatic carbocycles. The predicted molar refractivity (Wildman–Crippen MR) is 169 cm³/mol. The van der Waals surface area contributed by atoms with Crippen molar-refractivity contribution in [1.29, 1.82) is 0 Å². The van der Waals surface area contributed by atoms with Gasteiger partial charge in [-0.05, 0) is 123 Å². The molecule has 1 amide bonds. The van der Waals surface area contributed by atoms with Crippen LogP contribution in [-0.4, -0.2) is 49.4 Å². The van der Waals surface area contributed by atoms with Gasteiger partial charge >= 0.3 is 0 Å². The molecule has 2 saturated carbocycles. The Balaban J connectivity index is 1.39. The van der Waals surface area contributed by atoms with Crippen LogP contribution in [0.2, 0.25) is 5.02 Å². The molecule has 2 aromatic rings. The van der Waals surface area contributed by atoms with Crippen molar-refractivity contribution in [2.24, 2.45) is 22.9 Å². The van der Waals surface area contributed by atoms with Crippen molar-refractivity contribution >= 4 is 33.2 Å². The smallest absolute Gasteiger partial charge is 0.264 e. The number of anilines is 1. The van der Waals surface area contributed by atoms with Gasteiger partial charge in [0.1, 0.15) is 12.4 Å². The number of amides is 1. The number of fused-ring (bicyclic) bond motifs is 4. The summed E-state index contributed by atoms with van der Waals surface area (Å²) in [5, 5.41) is 16.4. The van der Waals surface area contributed by atoms with Crippen molar-refractivity contribution in [3.05, 3.63) is 68.6 Å². The molecule has 4 aliphatic rings. The van der Waals surface area contributed by atoms with E-state index >= 15 is 0 Å². The minimum absolute atomic E-state index is 0.00831. The zero-order chi connectivity index (χ0) is 31.1. The van der Waals surface area contributed by atoms with Crippen LogP contribution < -0.4 is 14.4 Å². The van der Waals surface area contributed by atoms with Gasteiger partial charge in [0, 0.05) is 28.6 Å². The summed E-state index contributed by atoms with van der Waals surface area (Å²) in [5.41, 5.74) is 11.1. The van der Waals surface area contributed by atoms with Gasteiger partial charge in [0.25, 0.3) is 5.91 Å². The second-order valence-corrected chi connectivity index (χ2v) is 15.8. The maximum atomic E-state index is 13.4. The van der Waals surface area contributed by atoms with Crippen LogP contribution in [0.1, 0.15) is 79.8 Å². The second kappa shape index (κ2) is 12.1. The van der Waals surface area contributed by atoms with Crippen molar-refractivity contribution in [2.45, 2.75) is 81.7 Å². The Morgan fingerprint density at radius 3 is 2.77 bits per heavy atom. The third kappa shape index (κ3) is 5.99. The minimum Gasteiger partial charge on any atom is -0.487 e. The second-order valence-electron chi connectivity index (χ2n) is 13.3. The molecule has 10 nitrogen and oxygen atoms in total. The summed E-state index contributed by atoms with van der Waals surface area (Å²) in [4.78, 5) is 18.6. The summed E-state index contributed by atoms with van der Waals surface area (Å²) in [5.74, 6) is -0.0693. The lowest BCUT2D eigenvalue weighted by Gasteiger charge is -2.49. The first-order chi connectivity index (χ1) is 21.0. The number of sulfonamides is 1. The quantitative estimate of drug-likeness (QED) is 0.229. The van der Waals surface area contributed by atoms with E-state index in [2.05, 4.69) is 19.6 Å². The number of nitrogens with zero attached hydrogens (tertiary/aromatic N) is 4. The monoisotopic (exact) mass is 641 g/mol. The minimum atomic E-state index is -3.95. The summed E-state index contributed by atoms with van der Waals surface area (Å²) in [6.07, 6.45) is 6.50. The fraction of sp³-hybridized carbons (Fsp3) is 0.594. The number of rotatable bonds is 2. The molecule has 236 valence electrons. The highest BCUT2D eigenvalue weighted by atomic mass is 35.5. The highest BCUT2D eigenvalue weighted by Gasteiger charge is 2.60. The number of halogens is 1. The molecule has 0 spiro atoms. The van der Waals surface area contributed by atoms with Crippen LogP contribution in [0.15, 0.2) is 41.5 Å². The summed E-state index contributed by atoms with van der Waals surface area (Å²) in [7, 11) is -3.95. The van der Waals surface area contributed by atoms with Crippen LogP contribution in [0.4, 0.5) is 5.69 Å². The molecule has 2 bridgehead atoms. The fourth-order valence-corrected chi connectivity index (χ4v) is 9.28. The van der Waals surface area contributed by atoms with E-state index in [1.165, 1.54) is 0 Å². The average molecular weight is 642 g/mol. The Labute approximate surface area is 263 Å². The number of aryl methyl sites for hydroxylation is 1. The van der Waals surface area contributed by atoms with Crippen LogP contribution in [0.5, 0.6) is 5.75 Å². The number of azide groups is 1. The topological polar surface area (TPSA) is 145 Å². The average Bonchev–Trinajstić information content (AvgIpc) is 3.65. The fourth-order valence-electron chi connectivity index (χ4n) is 7.51. The van der Waals surface area contributed by atoms with Crippen molar-refractivity contribution in [3.8, 4) is 5.75 Å². The van der Waals surface area contributed by atoms with E-state index in [1.54, 1.807) is 25.1 Å². The lowest BCUT2D eigenvalue weighted by Crippen LogP contribution is -2.52. The van der Waals surface area contributed by atoms with E-state index in [9.17, 15) is 18.3 Å². The maximum absolute atomic E-state index is 13.4. The highest BCUT2D eigenvalue weighted by Crippen LogP contribution is 2.53. The van der Waals surface area contributed by atoms with Gasteiger partial charge in [0.15, 0.2) is 0 Å². The number of hydrogen-bond acceptors (Lipinski definition) is 7. The molecule has 44 heavy (non-hydrogen) atoms. The number of ether oxygens (including phenoxy) is 1. The molecule has 0 aromatic heterocycles. The molecular weight excluding hydrogens is 602 g/mol. The Bertz CT molecular complexity index is 1600.